The molecule has 5 nitrogen and oxygen atoms in total. The molecule has 1 N–H and O–H groups in total. The second-order valence-corrected chi connectivity index (χ2v) is 8.77. The minimum atomic E-state index is -0.710. The van der Waals surface area contributed by atoms with Crippen molar-refractivity contribution in [3.05, 3.63) is 36.3 Å². The van der Waals surface area contributed by atoms with Crippen LogP contribution in [0.4, 0.5) is 0 Å². The van der Waals surface area contributed by atoms with E-state index >= 15 is 0 Å². The van der Waals surface area contributed by atoms with E-state index in [1.165, 1.54) is 6.92 Å². The summed E-state index contributed by atoms with van der Waals surface area (Å²) >= 11 is 0. The zero-order chi connectivity index (χ0) is 19.8. The molecule has 148 valence electrons. The Morgan fingerprint density at radius 2 is 2.15 bits per heavy atom. The normalized spacial score (nSPS) is 34.6. The van der Waals surface area contributed by atoms with Crippen molar-refractivity contribution in [2.75, 3.05) is 0 Å². The van der Waals surface area contributed by atoms with Gasteiger partial charge >= 0.3 is 11.9 Å². The Labute approximate surface area is 160 Å². The number of hydrogen-bond acceptors (Lipinski definition) is 4. The highest BCUT2D eigenvalue weighted by atomic mass is 16.5. The van der Waals surface area contributed by atoms with Crippen molar-refractivity contribution < 1.29 is 23.8 Å². The van der Waals surface area contributed by atoms with E-state index in [1.807, 2.05) is 13.0 Å². The number of carbonyl (C=O) groups is 2. The highest BCUT2D eigenvalue weighted by Crippen LogP contribution is 2.62. The average Bonchev–Trinajstić information content (AvgIpc) is 3.11. The van der Waals surface area contributed by atoms with Crippen LogP contribution in [0.5, 0.6) is 0 Å². The van der Waals surface area contributed by atoms with E-state index in [9.17, 15) is 14.7 Å². The van der Waals surface area contributed by atoms with E-state index in [0.29, 0.717) is 6.42 Å². The summed E-state index contributed by atoms with van der Waals surface area (Å²) in [7, 11) is 0. The highest BCUT2D eigenvalue weighted by Gasteiger charge is 2.57. The second-order valence-electron chi connectivity index (χ2n) is 8.77. The number of aliphatic carboxylic acids is 1. The molecule has 1 aromatic heterocycles. The van der Waals surface area contributed by atoms with Crippen molar-refractivity contribution in [3.8, 4) is 0 Å². The summed E-state index contributed by atoms with van der Waals surface area (Å²) in [5, 5.41) is 9.95. The number of carbonyl (C=O) groups excluding carboxylic acids is 1. The first kappa shape index (κ1) is 19.7. The Morgan fingerprint density at radius 3 is 2.74 bits per heavy atom. The number of hydrogen-bond donors (Lipinski definition) is 1. The predicted octanol–water partition coefficient (Wildman–Crippen LogP) is 5.14. The van der Waals surface area contributed by atoms with Crippen molar-refractivity contribution in [3.63, 3.8) is 0 Å². The van der Waals surface area contributed by atoms with Gasteiger partial charge in [-0.15, -0.1) is 0 Å². The lowest BCUT2D eigenvalue weighted by Gasteiger charge is -2.57. The maximum atomic E-state index is 12.1. The van der Waals surface area contributed by atoms with Crippen LogP contribution in [0.15, 0.2) is 35.2 Å². The van der Waals surface area contributed by atoms with Gasteiger partial charge < -0.3 is 14.3 Å². The SMILES string of the molecule is C=C1CCC2C(C)(C(=O)O)CCCC2(C)C1CC(OC(C)=O)c1ccoc1. The molecule has 5 heteroatoms. The summed E-state index contributed by atoms with van der Waals surface area (Å²) in [4.78, 5) is 23.8. The van der Waals surface area contributed by atoms with Crippen LogP contribution in [0.1, 0.15) is 71.0 Å². The van der Waals surface area contributed by atoms with E-state index in [1.54, 1.807) is 12.5 Å². The van der Waals surface area contributed by atoms with Gasteiger partial charge in [-0.1, -0.05) is 25.5 Å². The van der Waals surface area contributed by atoms with E-state index in [2.05, 4.69) is 13.5 Å². The molecule has 0 saturated heterocycles. The van der Waals surface area contributed by atoms with Gasteiger partial charge in [-0.3, -0.25) is 9.59 Å². The molecule has 2 aliphatic carbocycles. The van der Waals surface area contributed by atoms with Gasteiger partial charge in [-0.2, -0.15) is 0 Å². The van der Waals surface area contributed by atoms with E-state index in [-0.39, 0.29) is 23.2 Å². The Bertz CT molecular complexity index is 721. The van der Waals surface area contributed by atoms with Crippen LogP contribution in [-0.4, -0.2) is 17.0 Å². The van der Waals surface area contributed by atoms with Gasteiger partial charge in [-0.25, -0.2) is 0 Å². The van der Waals surface area contributed by atoms with Gasteiger partial charge in [0.25, 0.3) is 0 Å². The summed E-state index contributed by atoms with van der Waals surface area (Å²) in [6.45, 7) is 9.86. The molecule has 0 spiro atoms. The zero-order valence-electron chi connectivity index (χ0n) is 16.5. The monoisotopic (exact) mass is 374 g/mol. The number of fused-ring (bicyclic) bond motifs is 1. The first-order valence-electron chi connectivity index (χ1n) is 9.79. The summed E-state index contributed by atoms with van der Waals surface area (Å²) in [6, 6.07) is 1.82. The summed E-state index contributed by atoms with van der Waals surface area (Å²) in [5.41, 5.74) is 1.10. The van der Waals surface area contributed by atoms with Gasteiger partial charge in [-0.05, 0) is 62.3 Å². The lowest BCUT2D eigenvalue weighted by molar-refractivity contribution is -0.165. The molecule has 1 aromatic rings. The fourth-order valence-corrected chi connectivity index (χ4v) is 5.77. The van der Waals surface area contributed by atoms with Gasteiger partial charge in [0.15, 0.2) is 0 Å². The average molecular weight is 374 g/mol. The molecule has 2 fully saturated rings. The second kappa shape index (κ2) is 7.17. The van der Waals surface area contributed by atoms with Crippen LogP contribution in [0.2, 0.25) is 0 Å². The summed E-state index contributed by atoms with van der Waals surface area (Å²) in [5.74, 6) is -0.831. The largest absolute Gasteiger partial charge is 0.481 e. The predicted molar refractivity (Wildman–Crippen MR) is 101 cm³/mol. The molecular formula is C22H30O5. The smallest absolute Gasteiger partial charge is 0.309 e. The number of furan rings is 1. The van der Waals surface area contributed by atoms with Crippen LogP contribution in [0.3, 0.4) is 0 Å². The molecule has 0 amide bonds. The lowest BCUT2D eigenvalue weighted by atomic mass is 9.46. The Kier molecular flexibility index (Phi) is 5.24. The maximum absolute atomic E-state index is 12.1. The molecule has 0 bridgehead atoms. The van der Waals surface area contributed by atoms with Gasteiger partial charge in [0.2, 0.25) is 0 Å². The molecule has 2 saturated carbocycles. The standard InChI is InChI=1S/C22H30O5/c1-14-6-7-19-21(3,9-5-10-22(19,4)20(24)25)17(14)12-18(27-15(2)23)16-8-11-26-13-16/h8,11,13,17-19H,1,5-7,9-10,12H2,2-4H3,(H,24,25). The fraction of sp³-hybridized carbons (Fsp3) is 0.636. The van der Waals surface area contributed by atoms with Crippen molar-refractivity contribution in [2.24, 2.45) is 22.7 Å². The quantitative estimate of drug-likeness (QED) is 0.570. The third kappa shape index (κ3) is 3.44. The van der Waals surface area contributed by atoms with Crippen molar-refractivity contribution in [1.29, 1.82) is 0 Å². The molecule has 0 aromatic carbocycles. The molecule has 27 heavy (non-hydrogen) atoms. The highest BCUT2D eigenvalue weighted by molar-refractivity contribution is 5.75. The minimum absolute atomic E-state index is 0.0917. The van der Waals surface area contributed by atoms with E-state index in [4.69, 9.17) is 9.15 Å². The fourth-order valence-electron chi connectivity index (χ4n) is 5.77. The Morgan fingerprint density at radius 1 is 1.41 bits per heavy atom. The van der Waals surface area contributed by atoms with E-state index < -0.39 is 17.5 Å². The lowest BCUT2D eigenvalue weighted by Crippen LogP contribution is -2.53. The summed E-state index contributed by atoms with van der Waals surface area (Å²) in [6.07, 6.45) is 7.67. The number of ether oxygens (including phenoxy) is 1. The van der Waals surface area contributed by atoms with E-state index in [0.717, 1.165) is 43.2 Å². The van der Waals surface area contributed by atoms with Crippen LogP contribution >= 0.6 is 0 Å². The third-order valence-corrected chi connectivity index (χ3v) is 7.18. The zero-order valence-corrected chi connectivity index (χ0v) is 16.5. The first-order chi connectivity index (χ1) is 12.7. The minimum Gasteiger partial charge on any atom is -0.481 e. The van der Waals surface area contributed by atoms with Gasteiger partial charge in [0.05, 0.1) is 17.9 Å². The molecule has 3 rings (SSSR count). The van der Waals surface area contributed by atoms with Crippen molar-refractivity contribution in [1.82, 2.24) is 0 Å². The Hall–Kier alpha value is -2.04. The molecule has 5 atom stereocenters. The molecular weight excluding hydrogens is 344 g/mol. The number of carboxylic acid groups (broad SMARTS) is 1. The number of esters is 1. The molecule has 5 unspecified atom stereocenters. The van der Waals surface area contributed by atoms with Crippen LogP contribution in [0.25, 0.3) is 0 Å². The number of rotatable bonds is 5. The summed E-state index contributed by atoms with van der Waals surface area (Å²) < 4.78 is 10.8. The maximum Gasteiger partial charge on any atom is 0.309 e. The first-order valence-corrected chi connectivity index (χ1v) is 9.79. The third-order valence-electron chi connectivity index (χ3n) is 7.18. The van der Waals surface area contributed by atoms with Crippen LogP contribution < -0.4 is 0 Å². The van der Waals surface area contributed by atoms with Crippen molar-refractivity contribution in [2.45, 2.75) is 65.4 Å². The topological polar surface area (TPSA) is 76.7 Å². The van der Waals surface area contributed by atoms with Crippen molar-refractivity contribution >= 4 is 11.9 Å². The number of carboxylic acids is 1. The van der Waals surface area contributed by atoms with Crippen LogP contribution in [0, 0.1) is 22.7 Å². The molecule has 0 radical (unpaired) electrons. The Balaban J connectivity index is 1.94. The molecule has 1 heterocycles. The van der Waals surface area contributed by atoms with Crippen LogP contribution in [-0.2, 0) is 14.3 Å². The number of allylic oxidation sites excluding steroid dienone is 1. The van der Waals surface area contributed by atoms with Gasteiger partial charge in [0.1, 0.15) is 6.10 Å². The molecule has 0 aliphatic heterocycles. The molecule has 2 aliphatic rings. The van der Waals surface area contributed by atoms with Gasteiger partial charge in [0, 0.05) is 12.5 Å².